The van der Waals surface area contributed by atoms with Crippen LogP contribution in [0.3, 0.4) is 0 Å². The van der Waals surface area contributed by atoms with Crippen molar-refractivity contribution in [2.75, 3.05) is 5.75 Å². The molecule has 4 aromatic rings. The Hall–Kier alpha value is -3.21. The Morgan fingerprint density at radius 3 is 2.58 bits per heavy atom. The molecule has 0 aliphatic heterocycles. The molecule has 0 spiro atoms. The number of benzene rings is 2. The van der Waals surface area contributed by atoms with Crippen molar-refractivity contribution in [2.24, 2.45) is 0 Å². The van der Waals surface area contributed by atoms with E-state index in [9.17, 15) is 9.59 Å². The molecule has 0 atom stereocenters. The molecule has 0 unspecified atom stereocenters. The van der Waals surface area contributed by atoms with E-state index in [1.807, 2.05) is 31.2 Å². The number of thiophene rings is 1. The Morgan fingerprint density at radius 1 is 1.12 bits per heavy atom. The van der Waals surface area contributed by atoms with Gasteiger partial charge in [-0.3, -0.25) is 14.2 Å². The molecule has 2 aromatic carbocycles. The second kappa shape index (κ2) is 8.97. The molecule has 0 saturated carbocycles. The number of hydrogen-bond donors (Lipinski definition) is 0. The molecule has 0 N–H and O–H groups in total. The molecule has 0 amide bonds. The minimum Gasteiger partial charge on any atom is -0.293 e. The second-order valence-corrected chi connectivity index (χ2v) is 10.2. The zero-order valence-corrected chi connectivity index (χ0v) is 19.8. The van der Waals surface area contributed by atoms with Gasteiger partial charge in [0.25, 0.3) is 5.56 Å². The predicted molar refractivity (Wildman–Crippen MR) is 133 cm³/mol. The van der Waals surface area contributed by atoms with Crippen molar-refractivity contribution < 1.29 is 4.79 Å². The summed E-state index contributed by atoms with van der Waals surface area (Å²) in [5.74, 6) is 0.0839. The molecule has 33 heavy (non-hydrogen) atoms. The second-order valence-electron chi connectivity index (χ2n) is 8.16. The lowest BCUT2D eigenvalue weighted by molar-refractivity contribution is 0.102. The zero-order chi connectivity index (χ0) is 22.9. The molecular weight excluding hydrogens is 450 g/mol. The number of carbonyl (C=O) groups excluding carboxylic acids is 1. The fourth-order valence-corrected chi connectivity index (χ4v) is 6.36. The minimum absolute atomic E-state index is 0.0587. The van der Waals surface area contributed by atoms with Gasteiger partial charge >= 0.3 is 0 Å². The van der Waals surface area contributed by atoms with Gasteiger partial charge in [0.15, 0.2) is 10.9 Å². The van der Waals surface area contributed by atoms with Crippen LogP contribution in [-0.2, 0) is 12.8 Å². The molecule has 2 heterocycles. The maximum absolute atomic E-state index is 13.8. The van der Waals surface area contributed by atoms with Crippen molar-refractivity contribution >= 4 is 39.1 Å². The number of carbonyl (C=O) groups is 1. The van der Waals surface area contributed by atoms with Crippen LogP contribution in [0.5, 0.6) is 0 Å². The number of ketones is 1. The molecule has 5 rings (SSSR count). The minimum atomic E-state index is -0.0697. The van der Waals surface area contributed by atoms with Crippen molar-refractivity contribution in [2.45, 2.75) is 37.8 Å². The van der Waals surface area contributed by atoms with Crippen LogP contribution < -0.4 is 5.56 Å². The predicted octanol–water partition coefficient (Wildman–Crippen LogP) is 5.48. The molecular formula is C26H21N3O2S2. The summed E-state index contributed by atoms with van der Waals surface area (Å²) in [6.45, 7) is 2.01. The van der Waals surface area contributed by atoms with Crippen molar-refractivity contribution in [3.8, 4) is 11.8 Å². The van der Waals surface area contributed by atoms with Crippen molar-refractivity contribution in [3.63, 3.8) is 0 Å². The summed E-state index contributed by atoms with van der Waals surface area (Å²) in [7, 11) is 0. The normalized spacial score (nSPS) is 13.0. The van der Waals surface area contributed by atoms with Gasteiger partial charge in [0.05, 0.1) is 28.5 Å². The molecule has 0 fully saturated rings. The molecule has 0 saturated heterocycles. The van der Waals surface area contributed by atoms with Crippen LogP contribution in [0.2, 0.25) is 0 Å². The fraction of sp³-hybridized carbons (Fsp3) is 0.231. The first-order chi connectivity index (χ1) is 16.0. The van der Waals surface area contributed by atoms with Gasteiger partial charge in [-0.15, -0.1) is 11.3 Å². The summed E-state index contributed by atoms with van der Waals surface area (Å²) in [6.07, 6.45) is 4.16. The highest BCUT2D eigenvalue weighted by Crippen LogP contribution is 2.35. The van der Waals surface area contributed by atoms with Gasteiger partial charge in [-0.25, -0.2) is 4.98 Å². The smallest absolute Gasteiger partial charge is 0.267 e. The summed E-state index contributed by atoms with van der Waals surface area (Å²) in [5.41, 5.74) is 4.02. The number of nitriles is 1. The maximum Gasteiger partial charge on any atom is 0.267 e. The van der Waals surface area contributed by atoms with Crippen LogP contribution in [0.4, 0.5) is 0 Å². The van der Waals surface area contributed by atoms with E-state index in [1.54, 1.807) is 40.2 Å². The summed E-state index contributed by atoms with van der Waals surface area (Å²) in [5, 5.41) is 10.2. The van der Waals surface area contributed by atoms with Gasteiger partial charge in [-0.1, -0.05) is 41.6 Å². The highest BCUT2D eigenvalue weighted by atomic mass is 32.2. The van der Waals surface area contributed by atoms with Crippen LogP contribution in [0.1, 0.15) is 44.8 Å². The Labute approximate surface area is 199 Å². The van der Waals surface area contributed by atoms with E-state index in [1.165, 1.54) is 16.6 Å². The lowest BCUT2D eigenvalue weighted by Gasteiger charge is -2.14. The quantitative estimate of drug-likeness (QED) is 0.219. The highest BCUT2D eigenvalue weighted by Gasteiger charge is 2.23. The maximum atomic E-state index is 13.8. The first kappa shape index (κ1) is 21.6. The van der Waals surface area contributed by atoms with Gasteiger partial charge in [-0.05, 0) is 62.4 Å². The molecule has 5 nitrogen and oxygen atoms in total. The first-order valence-corrected chi connectivity index (χ1v) is 12.7. The van der Waals surface area contributed by atoms with E-state index in [0.717, 1.165) is 52.7 Å². The van der Waals surface area contributed by atoms with Crippen LogP contribution in [0.25, 0.3) is 15.9 Å². The van der Waals surface area contributed by atoms with E-state index in [0.29, 0.717) is 16.3 Å². The molecule has 7 heteroatoms. The molecule has 1 aliphatic rings. The fourth-order valence-electron chi connectivity index (χ4n) is 4.15. The SMILES string of the molecule is Cc1ccc(-n2c(SCC(=O)c3ccc(C#N)cc3)nc3sc4c(c3c2=O)CCCC4)cc1. The van der Waals surface area contributed by atoms with E-state index < -0.39 is 0 Å². The van der Waals surface area contributed by atoms with E-state index >= 15 is 0 Å². The summed E-state index contributed by atoms with van der Waals surface area (Å²) < 4.78 is 1.65. The van der Waals surface area contributed by atoms with Crippen LogP contribution >= 0.6 is 23.1 Å². The van der Waals surface area contributed by atoms with Gasteiger partial charge in [0.1, 0.15) is 4.83 Å². The number of hydrogen-bond acceptors (Lipinski definition) is 6. The van der Waals surface area contributed by atoms with E-state index in [2.05, 4.69) is 6.07 Å². The molecule has 2 aromatic heterocycles. The Bertz CT molecular complexity index is 1460. The molecule has 1 aliphatic carbocycles. The monoisotopic (exact) mass is 471 g/mol. The lowest BCUT2D eigenvalue weighted by Crippen LogP contribution is -2.22. The number of thioether (sulfide) groups is 1. The van der Waals surface area contributed by atoms with Crippen molar-refractivity contribution in [3.05, 3.63) is 86.0 Å². The summed E-state index contributed by atoms with van der Waals surface area (Å²) in [6, 6.07) is 16.5. The third kappa shape index (κ3) is 4.12. The topological polar surface area (TPSA) is 75.8 Å². The first-order valence-electron chi connectivity index (χ1n) is 10.9. The van der Waals surface area contributed by atoms with Crippen LogP contribution in [-0.4, -0.2) is 21.1 Å². The molecule has 0 bridgehead atoms. The number of aryl methyl sites for hydroxylation is 3. The number of rotatable bonds is 5. The third-order valence-electron chi connectivity index (χ3n) is 5.92. The average molecular weight is 472 g/mol. The number of fused-ring (bicyclic) bond motifs is 3. The average Bonchev–Trinajstić information content (AvgIpc) is 3.22. The largest absolute Gasteiger partial charge is 0.293 e. The highest BCUT2D eigenvalue weighted by molar-refractivity contribution is 7.99. The number of Topliss-reactive ketones (excluding diaryl/α,β-unsaturated/α-hetero) is 1. The number of nitrogens with zero attached hydrogens (tertiary/aromatic N) is 3. The zero-order valence-electron chi connectivity index (χ0n) is 18.1. The Morgan fingerprint density at radius 2 is 1.85 bits per heavy atom. The number of aromatic nitrogens is 2. The third-order valence-corrected chi connectivity index (χ3v) is 8.04. The van der Waals surface area contributed by atoms with E-state index in [-0.39, 0.29) is 17.1 Å². The summed E-state index contributed by atoms with van der Waals surface area (Å²) >= 11 is 2.89. The van der Waals surface area contributed by atoms with Crippen molar-refractivity contribution in [1.82, 2.24) is 9.55 Å². The van der Waals surface area contributed by atoms with Gasteiger partial charge in [0.2, 0.25) is 0 Å². The van der Waals surface area contributed by atoms with Crippen LogP contribution in [0, 0.1) is 18.3 Å². The van der Waals surface area contributed by atoms with Gasteiger partial charge in [0, 0.05) is 10.4 Å². The Balaban J connectivity index is 1.57. The van der Waals surface area contributed by atoms with Gasteiger partial charge in [-0.2, -0.15) is 5.26 Å². The molecule has 164 valence electrons. The van der Waals surface area contributed by atoms with Crippen LogP contribution in [0.15, 0.2) is 58.5 Å². The molecule has 0 radical (unpaired) electrons. The summed E-state index contributed by atoms with van der Waals surface area (Å²) in [4.78, 5) is 33.5. The Kier molecular flexibility index (Phi) is 5.88. The lowest BCUT2D eigenvalue weighted by atomic mass is 9.97. The standard InChI is InChI=1S/C26H21N3O2S2/c1-16-6-12-19(13-7-16)29-25(31)23-20-4-2-3-5-22(20)33-24(23)28-26(29)32-15-21(30)18-10-8-17(14-27)9-11-18/h6-13H,2-5,15H2,1H3. The van der Waals surface area contributed by atoms with E-state index in [4.69, 9.17) is 10.2 Å². The van der Waals surface area contributed by atoms with Gasteiger partial charge < -0.3 is 0 Å². The van der Waals surface area contributed by atoms with Crippen molar-refractivity contribution in [1.29, 1.82) is 5.26 Å².